The lowest BCUT2D eigenvalue weighted by molar-refractivity contribution is -0.129. The average molecular weight is 484 g/mol. The Morgan fingerprint density at radius 1 is 0.968 bits per heavy atom. The molecule has 0 bridgehead atoms. The molecule has 0 radical (unpaired) electrons. The Hall–Kier alpha value is -2.40. The molecule has 0 fully saturated rings. The summed E-state index contributed by atoms with van der Waals surface area (Å²) >= 11 is 3.43. The standard InChI is InChI=1S/C26H30BrNO3/c1-2-3-4-5-6-7-8-9-17-30-23-15-13-21(14-16-23)25-28-24(26(29)31-25)19-20-11-10-12-22(27)18-20/h10-16,18-19H,2-9,17H2,1H3. The number of halogens is 1. The molecule has 1 aliphatic rings. The molecule has 0 aliphatic carbocycles. The van der Waals surface area contributed by atoms with Crippen LogP contribution in [0.15, 0.2) is 63.7 Å². The highest BCUT2D eigenvalue weighted by Gasteiger charge is 2.24. The van der Waals surface area contributed by atoms with Gasteiger partial charge in [-0.3, -0.25) is 0 Å². The molecule has 0 amide bonds. The summed E-state index contributed by atoms with van der Waals surface area (Å²) in [7, 11) is 0. The van der Waals surface area contributed by atoms with Crippen molar-refractivity contribution in [1.29, 1.82) is 0 Å². The van der Waals surface area contributed by atoms with Gasteiger partial charge in [-0.25, -0.2) is 9.79 Å². The predicted octanol–water partition coefficient (Wildman–Crippen LogP) is 7.31. The molecule has 5 heteroatoms. The zero-order valence-electron chi connectivity index (χ0n) is 18.1. The Bertz CT molecular complexity index is 919. The first-order valence-corrected chi connectivity index (χ1v) is 12.0. The van der Waals surface area contributed by atoms with Gasteiger partial charge >= 0.3 is 5.97 Å². The molecule has 0 aromatic heterocycles. The molecule has 2 aromatic carbocycles. The number of cyclic esters (lactones) is 1. The van der Waals surface area contributed by atoms with E-state index >= 15 is 0 Å². The number of hydrogen-bond acceptors (Lipinski definition) is 4. The summed E-state index contributed by atoms with van der Waals surface area (Å²) in [5.74, 6) is 0.701. The number of carbonyl (C=O) groups is 1. The number of aliphatic imine (C=N–C) groups is 1. The smallest absolute Gasteiger partial charge is 0.363 e. The van der Waals surface area contributed by atoms with Crippen LogP contribution in [0.5, 0.6) is 5.75 Å². The van der Waals surface area contributed by atoms with Gasteiger partial charge in [0.05, 0.1) is 6.61 Å². The maximum absolute atomic E-state index is 12.2. The van der Waals surface area contributed by atoms with Crippen LogP contribution in [0.3, 0.4) is 0 Å². The zero-order valence-corrected chi connectivity index (χ0v) is 19.7. The van der Waals surface area contributed by atoms with Crippen LogP contribution in [0.25, 0.3) is 6.08 Å². The van der Waals surface area contributed by atoms with E-state index in [0.717, 1.165) is 34.4 Å². The first-order chi connectivity index (χ1) is 15.2. The zero-order chi connectivity index (χ0) is 21.9. The summed E-state index contributed by atoms with van der Waals surface area (Å²) in [6, 6.07) is 15.2. The third kappa shape index (κ3) is 7.66. The van der Waals surface area contributed by atoms with Gasteiger partial charge < -0.3 is 9.47 Å². The van der Waals surface area contributed by atoms with Crippen molar-refractivity contribution in [1.82, 2.24) is 0 Å². The van der Waals surface area contributed by atoms with Gasteiger partial charge in [0, 0.05) is 10.0 Å². The fourth-order valence-electron chi connectivity index (χ4n) is 3.41. The minimum Gasteiger partial charge on any atom is -0.494 e. The molecule has 0 atom stereocenters. The molecule has 164 valence electrons. The molecule has 4 nitrogen and oxygen atoms in total. The van der Waals surface area contributed by atoms with Crippen molar-refractivity contribution in [3.8, 4) is 5.75 Å². The maximum Gasteiger partial charge on any atom is 0.363 e. The number of ether oxygens (including phenoxy) is 2. The van der Waals surface area contributed by atoms with E-state index < -0.39 is 5.97 Å². The van der Waals surface area contributed by atoms with Crippen LogP contribution < -0.4 is 4.74 Å². The molecule has 3 rings (SSSR count). The Balaban J connectivity index is 1.46. The third-order valence-electron chi connectivity index (χ3n) is 5.14. The molecule has 2 aromatic rings. The normalized spacial score (nSPS) is 14.6. The van der Waals surface area contributed by atoms with Gasteiger partial charge in [0.15, 0.2) is 5.70 Å². The SMILES string of the molecule is CCCCCCCCCCOc1ccc(C2=NC(=Cc3cccc(Br)c3)C(=O)O2)cc1. The van der Waals surface area contributed by atoms with E-state index in [4.69, 9.17) is 9.47 Å². The molecule has 0 N–H and O–H groups in total. The Morgan fingerprint density at radius 3 is 2.39 bits per heavy atom. The molecular weight excluding hydrogens is 454 g/mol. The van der Waals surface area contributed by atoms with Gasteiger partial charge in [0.25, 0.3) is 0 Å². The fourth-order valence-corrected chi connectivity index (χ4v) is 3.82. The van der Waals surface area contributed by atoms with Crippen LogP contribution in [-0.2, 0) is 9.53 Å². The highest BCUT2D eigenvalue weighted by atomic mass is 79.9. The molecule has 0 unspecified atom stereocenters. The van der Waals surface area contributed by atoms with Crippen LogP contribution in [0.4, 0.5) is 0 Å². The number of unbranched alkanes of at least 4 members (excludes halogenated alkanes) is 7. The number of carbonyl (C=O) groups excluding carboxylic acids is 1. The van der Waals surface area contributed by atoms with Crippen molar-refractivity contribution in [3.05, 3.63) is 69.8 Å². The van der Waals surface area contributed by atoms with E-state index in [1.807, 2.05) is 48.5 Å². The van der Waals surface area contributed by atoms with Gasteiger partial charge in [-0.2, -0.15) is 0 Å². The Kier molecular flexibility index (Phi) is 9.35. The van der Waals surface area contributed by atoms with E-state index in [9.17, 15) is 4.79 Å². The predicted molar refractivity (Wildman–Crippen MR) is 129 cm³/mol. The van der Waals surface area contributed by atoms with Crippen LogP contribution >= 0.6 is 15.9 Å². The Labute approximate surface area is 193 Å². The van der Waals surface area contributed by atoms with Crippen molar-refractivity contribution in [2.75, 3.05) is 6.61 Å². The summed E-state index contributed by atoms with van der Waals surface area (Å²) in [6.07, 6.45) is 12.0. The van der Waals surface area contributed by atoms with Gasteiger partial charge in [0.1, 0.15) is 5.75 Å². The molecule has 31 heavy (non-hydrogen) atoms. The highest BCUT2D eigenvalue weighted by molar-refractivity contribution is 9.10. The quantitative estimate of drug-likeness (QED) is 0.180. The Morgan fingerprint density at radius 2 is 1.68 bits per heavy atom. The lowest BCUT2D eigenvalue weighted by Gasteiger charge is -2.07. The van der Waals surface area contributed by atoms with Crippen molar-refractivity contribution in [2.45, 2.75) is 58.3 Å². The molecule has 1 heterocycles. The number of rotatable bonds is 12. The van der Waals surface area contributed by atoms with Crippen LogP contribution in [0.1, 0.15) is 69.4 Å². The van der Waals surface area contributed by atoms with E-state index in [-0.39, 0.29) is 0 Å². The lowest BCUT2D eigenvalue weighted by atomic mass is 10.1. The van der Waals surface area contributed by atoms with Crippen LogP contribution in [-0.4, -0.2) is 18.5 Å². The number of esters is 1. The van der Waals surface area contributed by atoms with Gasteiger partial charge in [-0.05, 0) is 54.5 Å². The molecule has 1 aliphatic heterocycles. The summed E-state index contributed by atoms with van der Waals surface area (Å²) in [5.41, 5.74) is 1.93. The van der Waals surface area contributed by atoms with Gasteiger partial charge in [-0.15, -0.1) is 0 Å². The highest BCUT2D eigenvalue weighted by Crippen LogP contribution is 2.22. The number of hydrogen-bond donors (Lipinski definition) is 0. The van der Waals surface area contributed by atoms with Crippen molar-refractivity contribution < 1.29 is 14.3 Å². The monoisotopic (exact) mass is 483 g/mol. The number of benzene rings is 2. The minimum absolute atomic E-state index is 0.295. The second-order valence-corrected chi connectivity index (χ2v) is 8.65. The molecule has 0 spiro atoms. The summed E-state index contributed by atoms with van der Waals surface area (Å²) in [6.45, 7) is 2.97. The second-order valence-electron chi connectivity index (χ2n) is 7.74. The van der Waals surface area contributed by atoms with Crippen LogP contribution in [0, 0.1) is 0 Å². The first kappa shape index (κ1) is 23.3. The summed E-state index contributed by atoms with van der Waals surface area (Å²) in [4.78, 5) is 16.5. The van der Waals surface area contributed by atoms with Crippen molar-refractivity contribution >= 4 is 33.9 Å². The summed E-state index contributed by atoms with van der Waals surface area (Å²) in [5, 5.41) is 0. The average Bonchev–Trinajstić information content (AvgIpc) is 3.13. The third-order valence-corrected chi connectivity index (χ3v) is 5.63. The van der Waals surface area contributed by atoms with E-state index in [2.05, 4.69) is 27.8 Å². The topological polar surface area (TPSA) is 47.9 Å². The van der Waals surface area contributed by atoms with Crippen molar-refractivity contribution in [2.24, 2.45) is 4.99 Å². The van der Waals surface area contributed by atoms with E-state index in [0.29, 0.717) is 11.6 Å². The van der Waals surface area contributed by atoms with E-state index in [1.165, 1.54) is 44.9 Å². The van der Waals surface area contributed by atoms with Crippen molar-refractivity contribution in [3.63, 3.8) is 0 Å². The lowest BCUT2D eigenvalue weighted by Crippen LogP contribution is -2.05. The molecular formula is C26H30BrNO3. The fraction of sp³-hybridized carbons (Fsp3) is 0.385. The van der Waals surface area contributed by atoms with Gasteiger partial charge in [0.2, 0.25) is 5.90 Å². The minimum atomic E-state index is -0.440. The van der Waals surface area contributed by atoms with E-state index in [1.54, 1.807) is 6.08 Å². The van der Waals surface area contributed by atoms with Gasteiger partial charge in [-0.1, -0.05) is 79.9 Å². The molecule has 0 saturated heterocycles. The summed E-state index contributed by atoms with van der Waals surface area (Å²) < 4.78 is 12.1. The largest absolute Gasteiger partial charge is 0.494 e. The number of nitrogens with zero attached hydrogens (tertiary/aromatic N) is 1. The molecule has 0 saturated carbocycles. The van der Waals surface area contributed by atoms with Crippen LogP contribution in [0.2, 0.25) is 0 Å². The second kappa shape index (κ2) is 12.5. The maximum atomic E-state index is 12.2. The first-order valence-electron chi connectivity index (χ1n) is 11.2.